The standard InChI is InChI=1S/C30H25ClN4O3/c1-17-19(5-3-7-25(17)35-14-12-26-23(31)6-4-13-34(26)30(35)37)20-10-11-22(29(32)36)28-27(20)21-9-8-18(16-38-2)15-24(21)33-28/h3-13,15,33H,14,16H2,1-2H3,(H2,32,36). The third-order valence-corrected chi connectivity index (χ3v) is 7.49. The van der Waals surface area contributed by atoms with Crippen LogP contribution in [0.15, 0.2) is 83.7 Å². The van der Waals surface area contributed by atoms with E-state index >= 15 is 0 Å². The molecule has 2 aliphatic heterocycles. The molecule has 0 fully saturated rings. The Morgan fingerprint density at radius 3 is 2.79 bits per heavy atom. The van der Waals surface area contributed by atoms with Crippen molar-refractivity contribution < 1.29 is 14.3 Å². The number of halogens is 1. The van der Waals surface area contributed by atoms with Crippen LogP contribution >= 0.6 is 11.6 Å². The zero-order valence-electron chi connectivity index (χ0n) is 20.9. The summed E-state index contributed by atoms with van der Waals surface area (Å²) in [7, 11) is 1.66. The average molecular weight is 525 g/mol. The summed E-state index contributed by atoms with van der Waals surface area (Å²) in [5, 5.41) is 2.42. The van der Waals surface area contributed by atoms with Crippen LogP contribution in [0, 0.1) is 6.92 Å². The van der Waals surface area contributed by atoms with Crippen LogP contribution in [0.1, 0.15) is 21.5 Å². The van der Waals surface area contributed by atoms with E-state index in [1.165, 1.54) is 0 Å². The van der Waals surface area contributed by atoms with Crippen LogP contribution in [-0.2, 0) is 11.3 Å². The number of methoxy groups -OCH3 is 1. The molecule has 3 heterocycles. The Balaban J connectivity index is 1.53. The van der Waals surface area contributed by atoms with Crippen LogP contribution in [0.3, 0.4) is 0 Å². The largest absolute Gasteiger partial charge is 0.380 e. The minimum Gasteiger partial charge on any atom is -0.380 e. The van der Waals surface area contributed by atoms with Crippen molar-refractivity contribution in [1.29, 1.82) is 0 Å². The summed E-state index contributed by atoms with van der Waals surface area (Å²) in [5.74, 6) is -0.500. The van der Waals surface area contributed by atoms with Crippen LogP contribution in [0.2, 0.25) is 0 Å². The molecule has 0 saturated carbocycles. The molecule has 0 atom stereocenters. The van der Waals surface area contributed by atoms with Gasteiger partial charge in [-0.05, 0) is 65.6 Å². The highest BCUT2D eigenvalue weighted by Gasteiger charge is 2.31. The Hall–Kier alpha value is -4.33. The lowest BCUT2D eigenvalue weighted by Crippen LogP contribution is -2.45. The first-order valence-corrected chi connectivity index (χ1v) is 12.6. The van der Waals surface area contributed by atoms with Crippen molar-refractivity contribution in [1.82, 2.24) is 9.88 Å². The first-order chi connectivity index (χ1) is 18.4. The Labute approximate surface area is 224 Å². The molecule has 2 aliphatic rings. The maximum absolute atomic E-state index is 13.5. The number of urea groups is 1. The highest BCUT2D eigenvalue weighted by molar-refractivity contribution is 6.32. The molecule has 6 rings (SSSR count). The summed E-state index contributed by atoms with van der Waals surface area (Å²) < 4.78 is 5.30. The predicted octanol–water partition coefficient (Wildman–Crippen LogP) is 6.32. The summed E-state index contributed by atoms with van der Waals surface area (Å²) in [6.07, 6.45) is 7.21. The molecule has 3 amide bonds. The summed E-state index contributed by atoms with van der Waals surface area (Å²) in [5.41, 5.74) is 13.1. The SMILES string of the molecule is COCc1ccc2c(c1)[nH]c1c(C(N)=O)ccc(-c3cccc(N4CC=C5C(Cl)=CC=CN5C4=O)c3C)c12. The quantitative estimate of drug-likeness (QED) is 0.320. The summed E-state index contributed by atoms with van der Waals surface area (Å²) in [4.78, 5) is 32.5. The Morgan fingerprint density at radius 2 is 2.00 bits per heavy atom. The van der Waals surface area contributed by atoms with Gasteiger partial charge in [0.05, 0.1) is 28.4 Å². The number of primary amides is 1. The van der Waals surface area contributed by atoms with E-state index in [2.05, 4.69) is 4.98 Å². The fourth-order valence-electron chi connectivity index (χ4n) is 5.40. The van der Waals surface area contributed by atoms with Crippen LogP contribution < -0.4 is 10.6 Å². The number of allylic oxidation sites excluding steroid dienone is 3. The lowest BCUT2D eigenvalue weighted by Gasteiger charge is -2.35. The monoisotopic (exact) mass is 524 g/mol. The first kappa shape index (κ1) is 24.0. The number of ether oxygens (including phenoxy) is 1. The number of carbonyl (C=O) groups is 2. The van der Waals surface area contributed by atoms with Gasteiger partial charge in [0.15, 0.2) is 0 Å². The number of nitrogens with one attached hydrogen (secondary N) is 1. The van der Waals surface area contributed by atoms with E-state index in [1.807, 2.05) is 55.5 Å². The number of amides is 3. The number of anilines is 1. The Bertz CT molecular complexity index is 1750. The number of aromatic amines is 1. The molecule has 7 nitrogen and oxygen atoms in total. The zero-order chi connectivity index (χ0) is 26.6. The number of carbonyl (C=O) groups excluding carboxylic acids is 2. The summed E-state index contributed by atoms with van der Waals surface area (Å²) in [6, 6.07) is 15.5. The first-order valence-electron chi connectivity index (χ1n) is 12.2. The van der Waals surface area contributed by atoms with Gasteiger partial charge in [0, 0.05) is 41.8 Å². The Kier molecular flexibility index (Phi) is 5.82. The van der Waals surface area contributed by atoms with Crippen molar-refractivity contribution in [3.05, 3.63) is 100 Å². The second-order valence-corrected chi connectivity index (χ2v) is 9.78. The number of fused-ring (bicyclic) bond motifs is 4. The van der Waals surface area contributed by atoms with Crippen molar-refractivity contribution in [2.24, 2.45) is 5.73 Å². The number of hydrogen-bond acceptors (Lipinski definition) is 3. The lowest BCUT2D eigenvalue weighted by atomic mass is 9.93. The zero-order valence-corrected chi connectivity index (χ0v) is 21.7. The molecule has 190 valence electrons. The maximum atomic E-state index is 13.5. The highest BCUT2D eigenvalue weighted by atomic mass is 35.5. The smallest absolute Gasteiger partial charge is 0.333 e. The van der Waals surface area contributed by atoms with Gasteiger partial charge in [-0.1, -0.05) is 41.9 Å². The fraction of sp³-hybridized carbons (Fsp3) is 0.133. The number of hydrogen-bond donors (Lipinski definition) is 2. The number of benzene rings is 3. The molecule has 4 aromatic rings. The molecule has 1 aromatic heterocycles. The predicted molar refractivity (Wildman–Crippen MR) is 151 cm³/mol. The number of nitrogens with zero attached hydrogens (tertiary/aromatic N) is 2. The highest BCUT2D eigenvalue weighted by Crippen LogP contribution is 2.41. The number of rotatable bonds is 5. The van der Waals surface area contributed by atoms with Gasteiger partial charge in [-0.15, -0.1) is 0 Å². The molecule has 0 unspecified atom stereocenters. The van der Waals surface area contributed by atoms with Gasteiger partial charge in [-0.3, -0.25) is 14.6 Å². The van der Waals surface area contributed by atoms with E-state index in [0.717, 1.165) is 44.2 Å². The molecule has 3 N–H and O–H groups in total. The number of aromatic nitrogens is 1. The van der Waals surface area contributed by atoms with Crippen LogP contribution in [0.4, 0.5) is 10.5 Å². The van der Waals surface area contributed by atoms with Crippen LogP contribution in [-0.4, -0.2) is 35.5 Å². The molecule has 0 saturated heterocycles. The van der Waals surface area contributed by atoms with E-state index in [-0.39, 0.29) is 6.03 Å². The lowest BCUT2D eigenvalue weighted by molar-refractivity contribution is 0.100. The van der Waals surface area contributed by atoms with Gasteiger partial charge in [0.1, 0.15) is 0 Å². The number of nitrogens with two attached hydrogens (primary N) is 1. The van der Waals surface area contributed by atoms with Crippen LogP contribution in [0.5, 0.6) is 0 Å². The second kappa shape index (κ2) is 9.20. The third kappa shape index (κ3) is 3.70. The minimum atomic E-state index is -0.500. The summed E-state index contributed by atoms with van der Waals surface area (Å²) >= 11 is 6.33. The molecule has 0 bridgehead atoms. The van der Waals surface area contributed by atoms with Crippen molar-refractivity contribution in [3.8, 4) is 11.1 Å². The molecule has 3 aromatic carbocycles. The molecular weight excluding hydrogens is 500 g/mol. The van der Waals surface area contributed by atoms with Gasteiger partial charge in [-0.25, -0.2) is 4.79 Å². The van der Waals surface area contributed by atoms with Crippen molar-refractivity contribution >= 4 is 51.0 Å². The van der Waals surface area contributed by atoms with E-state index in [4.69, 9.17) is 22.1 Å². The maximum Gasteiger partial charge on any atom is 0.333 e. The summed E-state index contributed by atoms with van der Waals surface area (Å²) in [6.45, 7) is 2.89. The second-order valence-electron chi connectivity index (χ2n) is 9.37. The normalized spacial score (nSPS) is 15.2. The topological polar surface area (TPSA) is 91.7 Å². The fourth-order valence-corrected chi connectivity index (χ4v) is 5.64. The number of H-pyrrole nitrogens is 1. The molecular formula is C30H25ClN4O3. The molecule has 0 spiro atoms. The van der Waals surface area contributed by atoms with Gasteiger partial charge in [-0.2, -0.15) is 0 Å². The third-order valence-electron chi connectivity index (χ3n) is 7.17. The van der Waals surface area contributed by atoms with E-state index in [0.29, 0.717) is 35.0 Å². The van der Waals surface area contributed by atoms with E-state index in [1.54, 1.807) is 41.3 Å². The van der Waals surface area contributed by atoms with Crippen LogP contribution in [0.25, 0.3) is 32.9 Å². The van der Waals surface area contributed by atoms with Gasteiger partial charge in [0.25, 0.3) is 5.91 Å². The molecule has 0 radical (unpaired) electrons. The van der Waals surface area contributed by atoms with Gasteiger partial charge in [0.2, 0.25) is 0 Å². The van der Waals surface area contributed by atoms with Crippen molar-refractivity contribution in [2.75, 3.05) is 18.6 Å². The van der Waals surface area contributed by atoms with E-state index < -0.39 is 5.91 Å². The molecule has 38 heavy (non-hydrogen) atoms. The molecule has 8 heteroatoms. The Morgan fingerprint density at radius 1 is 1.16 bits per heavy atom. The van der Waals surface area contributed by atoms with Gasteiger partial charge >= 0.3 is 6.03 Å². The molecule has 0 aliphatic carbocycles. The average Bonchev–Trinajstić information content (AvgIpc) is 3.28. The van der Waals surface area contributed by atoms with E-state index in [9.17, 15) is 9.59 Å². The van der Waals surface area contributed by atoms with Gasteiger partial charge < -0.3 is 15.5 Å². The minimum absolute atomic E-state index is 0.169. The van der Waals surface area contributed by atoms with Crippen molar-refractivity contribution in [2.45, 2.75) is 13.5 Å². The van der Waals surface area contributed by atoms with Crippen molar-refractivity contribution in [3.63, 3.8) is 0 Å².